The topological polar surface area (TPSA) is 61.4 Å². The molecule has 1 heterocycles. The van der Waals surface area contributed by atoms with Gasteiger partial charge in [0.05, 0.1) is 6.54 Å². The minimum atomic E-state index is -0.142. The first-order valence-corrected chi connectivity index (χ1v) is 8.38. The third-order valence-electron chi connectivity index (χ3n) is 4.40. The van der Waals surface area contributed by atoms with Gasteiger partial charge in [0, 0.05) is 24.7 Å². The van der Waals surface area contributed by atoms with Gasteiger partial charge in [-0.3, -0.25) is 9.59 Å². The van der Waals surface area contributed by atoms with Crippen molar-refractivity contribution < 1.29 is 9.59 Å². The summed E-state index contributed by atoms with van der Waals surface area (Å²) >= 11 is 0. The smallest absolute Gasteiger partial charge is 0.244 e. The third-order valence-corrected chi connectivity index (χ3v) is 4.40. The van der Waals surface area contributed by atoms with E-state index in [1.165, 1.54) is 0 Å². The number of carbonyl (C=O) groups is 2. The summed E-state index contributed by atoms with van der Waals surface area (Å²) in [4.78, 5) is 26.3. The lowest BCUT2D eigenvalue weighted by Crippen LogP contribution is -2.40. The zero-order valence-electron chi connectivity index (χ0n) is 14.7. The first-order valence-electron chi connectivity index (χ1n) is 8.38. The van der Waals surface area contributed by atoms with Crippen LogP contribution in [0, 0.1) is 13.8 Å². The Morgan fingerprint density at radius 1 is 1.29 bits per heavy atom. The number of benzene rings is 1. The molecule has 1 atom stereocenters. The molecule has 5 nitrogen and oxygen atoms in total. The molecule has 134 valence electrons. The van der Waals surface area contributed by atoms with Crippen LogP contribution in [0.1, 0.15) is 37.3 Å². The second-order valence-corrected chi connectivity index (χ2v) is 6.22. The van der Waals surface area contributed by atoms with Crippen molar-refractivity contribution in [3.8, 4) is 0 Å². The SMILES string of the molecule is CCN(CC(=O)Nc1c(C)cccc1C)C(=O)CC1CCCN1.Cl. The maximum Gasteiger partial charge on any atom is 0.244 e. The Kier molecular flexibility index (Phi) is 8.22. The largest absolute Gasteiger partial charge is 0.334 e. The highest BCUT2D eigenvalue weighted by Gasteiger charge is 2.22. The van der Waals surface area contributed by atoms with Crippen LogP contribution in [0.3, 0.4) is 0 Å². The molecular formula is C18H28ClN3O2. The van der Waals surface area contributed by atoms with Crippen LogP contribution in [-0.4, -0.2) is 42.4 Å². The lowest BCUT2D eigenvalue weighted by atomic mass is 10.1. The van der Waals surface area contributed by atoms with Crippen LogP contribution in [0.25, 0.3) is 0 Å². The molecule has 1 saturated heterocycles. The quantitative estimate of drug-likeness (QED) is 0.826. The van der Waals surface area contributed by atoms with Gasteiger partial charge >= 0.3 is 0 Å². The highest BCUT2D eigenvalue weighted by atomic mass is 35.5. The molecule has 1 aromatic rings. The van der Waals surface area contributed by atoms with Crippen molar-refractivity contribution in [2.24, 2.45) is 0 Å². The van der Waals surface area contributed by atoms with Crippen LogP contribution in [0.2, 0.25) is 0 Å². The molecule has 0 aromatic heterocycles. The van der Waals surface area contributed by atoms with Gasteiger partial charge in [0.2, 0.25) is 11.8 Å². The predicted octanol–water partition coefficient (Wildman–Crippen LogP) is 2.65. The van der Waals surface area contributed by atoms with E-state index in [1.54, 1.807) is 4.90 Å². The summed E-state index contributed by atoms with van der Waals surface area (Å²) in [6.07, 6.45) is 2.64. The van der Waals surface area contributed by atoms with Gasteiger partial charge in [0.1, 0.15) is 0 Å². The van der Waals surface area contributed by atoms with Gasteiger partial charge in [0.25, 0.3) is 0 Å². The average molecular weight is 354 g/mol. The molecule has 1 aliphatic rings. The number of hydrogen-bond donors (Lipinski definition) is 2. The number of amides is 2. The van der Waals surface area contributed by atoms with Crippen molar-refractivity contribution in [2.45, 2.75) is 46.1 Å². The molecule has 0 saturated carbocycles. The zero-order valence-corrected chi connectivity index (χ0v) is 15.5. The number of halogens is 1. The summed E-state index contributed by atoms with van der Waals surface area (Å²) in [5.41, 5.74) is 2.91. The molecule has 2 N–H and O–H groups in total. The van der Waals surface area contributed by atoms with Gasteiger partial charge in [0.15, 0.2) is 0 Å². The number of likely N-dealkylation sites (N-methyl/N-ethyl adjacent to an activating group) is 1. The monoisotopic (exact) mass is 353 g/mol. The molecule has 0 spiro atoms. The number of nitrogens with one attached hydrogen (secondary N) is 2. The lowest BCUT2D eigenvalue weighted by Gasteiger charge is -2.22. The van der Waals surface area contributed by atoms with Gasteiger partial charge < -0.3 is 15.5 Å². The Morgan fingerprint density at radius 2 is 1.96 bits per heavy atom. The Labute approximate surface area is 150 Å². The van der Waals surface area contributed by atoms with Crippen molar-refractivity contribution in [1.82, 2.24) is 10.2 Å². The zero-order chi connectivity index (χ0) is 16.8. The summed E-state index contributed by atoms with van der Waals surface area (Å²) in [7, 11) is 0. The van der Waals surface area contributed by atoms with E-state index < -0.39 is 0 Å². The fourth-order valence-corrected chi connectivity index (χ4v) is 3.01. The third kappa shape index (κ3) is 5.49. The van der Waals surface area contributed by atoms with Crippen molar-refractivity contribution in [3.05, 3.63) is 29.3 Å². The molecule has 1 fully saturated rings. The molecule has 1 aromatic carbocycles. The van der Waals surface area contributed by atoms with Crippen LogP contribution < -0.4 is 10.6 Å². The normalized spacial score (nSPS) is 16.4. The molecule has 1 aliphatic heterocycles. The standard InChI is InChI=1S/C18H27N3O2.ClH/c1-4-21(17(23)11-15-9-6-10-19-15)12-16(22)20-18-13(2)7-5-8-14(18)3;/h5,7-8,15,19H,4,6,9-12H2,1-3H3,(H,20,22);1H. The number of para-hydroxylation sites is 1. The number of aryl methyl sites for hydroxylation is 2. The maximum atomic E-state index is 12.4. The van der Waals surface area contributed by atoms with Crippen LogP contribution in [-0.2, 0) is 9.59 Å². The molecule has 2 rings (SSSR count). The maximum absolute atomic E-state index is 12.4. The van der Waals surface area contributed by atoms with Crippen molar-refractivity contribution in [2.75, 3.05) is 25.0 Å². The van der Waals surface area contributed by atoms with Crippen molar-refractivity contribution in [1.29, 1.82) is 0 Å². The van der Waals surface area contributed by atoms with E-state index in [4.69, 9.17) is 0 Å². The number of hydrogen-bond acceptors (Lipinski definition) is 3. The second-order valence-electron chi connectivity index (χ2n) is 6.22. The fourth-order valence-electron chi connectivity index (χ4n) is 3.01. The number of nitrogens with zero attached hydrogens (tertiary/aromatic N) is 1. The molecule has 6 heteroatoms. The minimum absolute atomic E-state index is 0. The first kappa shape index (κ1) is 20.5. The van der Waals surface area contributed by atoms with E-state index in [0.29, 0.717) is 13.0 Å². The summed E-state index contributed by atoms with van der Waals surface area (Å²) in [6, 6.07) is 6.17. The summed E-state index contributed by atoms with van der Waals surface area (Å²) < 4.78 is 0. The molecular weight excluding hydrogens is 326 g/mol. The molecule has 24 heavy (non-hydrogen) atoms. The van der Waals surface area contributed by atoms with Crippen LogP contribution in [0.5, 0.6) is 0 Å². The summed E-state index contributed by atoms with van der Waals surface area (Å²) in [5.74, 6) is -0.0967. The number of anilines is 1. The van der Waals surface area contributed by atoms with Gasteiger partial charge in [-0.2, -0.15) is 0 Å². The number of carbonyl (C=O) groups excluding carboxylic acids is 2. The van der Waals surface area contributed by atoms with Gasteiger partial charge in [-0.25, -0.2) is 0 Å². The Morgan fingerprint density at radius 3 is 2.50 bits per heavy atom. The Hall–Kier alpha value is -1.59. The molecule has 0 radical (unpaired) electrons. The van der Waals surface area contributed by atoms with Crippen LogP contribution in [0.4, 0.5) is 5.69 Å². The molecule has 0 bridgehead atoms. The van der Waals surface area contributed by atoms with E-state index >= 15 is 0 Å². The summed E-state index contributed by atoms with van der Waals surface area (Å²) in [6.45, 7) is 7.49. The van der Waals surface area contributed by atoms with Gasteiger partial charge in [-0.1, -0.05) is 18.2 Å². The van der Waals surface area contributed by atoms with E-state index in [-0.39, 0.29) is 36.8 Å². The number of rotatable bonds is 6. The Balaban J connectivity index is 0.00000288. The van der Waals surface area contributed by atoms with Gasteiger partial charge in [-0.15, -0.1) is 12.4 Å². The van der Waals surface area contributed by atoms with Crippen LogP contribution >= 0.6 is 12.4 Å². The van der Waals surface area contributed by atoms with Crippen molar-refractivity contribution >= 4 is 29.9 Å². The highest BCUT2D eigenvalue weighted by Crippen LogP contribution is 2.19. The van der Waals surface area contributed by atoms with E-state index in [2.05, 4.69) is 10.6 Å². The fraction of sp³-hybridized carbons (Fsp3) is 0.556. The summed E-state index contributed by atoms with van der Waals surface area (Å²) in [5, 5.41) is 6.27. The van der Waals surface area contributed by atoms with Gasteiger partial charge in [-0.05, 0) is 51.3 Å². The highest BCUT2D eigenvalue weighted by molar-refractivity contribution is 5.95. The van der Waals surface area contributed by atoms with E-state index in [0.717, 1.165) is 36.2 Å². The Bertz CT molecular complexity index is 551. The van der Waals surface area contributed by atoms with E-state index in [1.807, 2.05) is 39.0 Å². The predicted molar refractivity (Wildman–Crippen MR) is 99.7 cm³/mol. The molecule has 1 unspecified atom stereocenters. The average Bonchev–Trinajstić information content (AvgIpc) is 3.01. The molecule has 0 aliphatic carbocycles. The van der Waals surface area contributed by atoms with Crippen LogP contribution in [0.15, 0.2) is 18.2 Å². The molecule has 2 amide bonds. The van der Waals surface area contributed by atoms with E-state index in [9.17, 15) is 9.59 Å². The second kappa shape index (κ2) is 9.64. The lowest BCUT2D eigenvalue weighted by molar-refractivity contribution is -0.134. The van der Waals surface area contributed by atoms with Crippen molar-refractivity contribution in [3.63, 3.8) is 0 Å². The first-order chi connectivity index (χ1) is 11.0. The minimum Gasteiger partial charge on any atom is -0.334 e.